The van der Waals surface area contributed by atoms with Crippen LogP contribution in [0.25, 0.3) is 10.9 Å². The number of benzene rings is 2. The number of ether oxygens (including phenoxy) is 1. The van der Waals surface area contributed by atoms with E-state index in [1.165, 1.54) is 12.8 Å². The lowest BCUT2D eigenvalue weighted by molar-refractivity contribution is 0.0933. The fraction of sp³-hybridized carbons (Fsp3) is 0.286. The van der Waals surface area contributed by atoms with Crippen LogP contribution in [0.5, 0.6) is 5.75 Å². The van der Waals surface area contributed by atoms with E-state index in [0.717, 1.165) is 35.1 Å². The number of aromatic nitrogens is 1. The van der Waals surface area contributed by atoms with Crippen molar-refractivity contribution in [2.75, 3.05) is 0 Å². The molecule has 2 aromatic carbocycles. The van der Waals surface area contributed by atoms with E-state index in [-0.39, 0.29) is 5.91 Å². The molecule has 1 aliphatic carbocycles. The van der Waals surface area contributed by atoms with Gasteiger partial charge in [0, 0.05) is 23.0 Å². The Balaban J connectivity index is 1.46. The predicted octanol–water partition coefficient (Wildman–Crippen LogP) is 4.42. The van der Waals surface area contributed by atoms with E-state index in [2.05, 4.69) is 10.3 Å². The van der Waals surface area contributed by atoms with Gasteiger partial charge in [-0.3, -0.25) is 4.79 Å². The first-order valence-electron chi connectivity index (χ1n) is 8.88. The third kappa shape index (κ3) is 3.68. The van der Waals surface area contributed by atoms with Gasteiger partial charge in [0.2, 0.25) is 0 Å². The molecule has 0 unspecified atom stereocenters. The van der Waals surface area contributed by atoms with Crippen LogP contribution in [-0.2, 0) is 6.61 Å². The maximum Gasteiger partial charge on any atom is 0.267 e. The monoisotopic (exact) mass is 334 g/mol. The molecule has 4 rings (SSSR count). The zero-order valence-electron chi connectivity index (χ0n) is 14.1. The fourth-order valence-electron chi connectivity index (χ4n) is 3.39. The van der Waals surface area contributed by atoms with E-state index < -0.39 is 0 Å². The zero-order chi connectivity index (χ0) is 17.1. The molecule has 0 radical (unpaired) electrons. The topological polar surface area (TPSA) is 54.1 Å². The van der Waals surface area contributed by atoms with Crippen LogP contribution in [0.15, 0.2) is 54.6 Å². The number of carbonyl (C=O) groups excluding carboxylic acids is 1. The Morgan fingerprint density at radius 3 is 2.68 bits per heavy atom. The van der Waals surface area contributed by atoms with Crippen molar-refractivity contribution in [1.29, 1.82) is 0 Å². The van der Waals surface area contributed by atoms with E-state index >= 15 is 0 Å². The summed E-state index contributed by atoms with van der Waals surface area (Å²) in [5.41, 5.74) is 2.66. The molecule has 0 aliphatic heterocycles. The second kappa shape index (κ2) is 7.01. The molecule has 128 valence electrons. The lowest BCUT2D eigenvalue weighted by Crippen LogP contribution is -2.32. The number of H-pyrrole nitrogens is 1. The highest BCUT2D eigenvalue weighted by Gasteiger charge is 2.19. The van der Waals surface area contributed by atoms with Gasteiger partial charge in [0.05, 0.1) is 0 Å². The van der Waals surface area contributed by atoms with E-state index in [1.807, 2.05) is 54.6 Å². The molecule has 3 aromatic rings. The summed E-state index contributed by atoms with van der Waals surface area (Å²) in [4.78, 5) is 15.6. The SMILES string of the molecule is O=C(NC1CCCC1)c1cc2ccc(OCc3ccccc3)cc2[nH]1. The zero-order valence-corrected chi connectivity index (χ0v) is 14.1. The van der Waals surface area contributed by atoms with Crippen LogP contribution in [0.2, 0.25) is 0 Å². The second-order valence-electron chi connectivity index (χ2n) is 6.66. The number of hydrogen-bond donors (Lipinski definition) is 2. The maximum atomic E-state index is 12.4. The lowest BCUT2D eigenvalue weighted by Gasteiger charge is -2.10. The van der Waals surface area contributed by atoms with E-state index in [4.69, 9.17) is 4.74 Å². The van der Waals surface area contributed by atoms with Gasteiger partial charge in [0.1, 0.15) is 18.1 Å². The maximum absolute atomic E-state index is 12.4. The average molecular weight is 334 g/mol. The standard InChI is InChI=1S/C21H22N2O2/c24-21(22-17-8-4-5-9-17)20-12-16-10-11-18(13-19(16)23-20)25-14-15-6-2-1-3-7-15/h1-3,6-7,10-13,17,23H,4-5,8-9,14H2,(H,22,24). The molecule has 1 saturated carbocycles. The van der Waals surface area contributed by atoms with Crippen molar-refractivity contribution in [3.63, 3.8) is 0 Å². The number of rotatable bonds is 5. The van der Waals surface area contributed by atoms with Gasteiger partial charge in [-0.2, -0.15) is 0 Å². The quantitative estimate of drug-likeness (QED) is 0.726. The third-order valence-electron chi connectivity index (χ3n) is 4.78. The summed E-state index contributed by atoms with van der Waals surface area (Å²) >= 11 is 0. The predicted molar refractivity (Wildman–Crippen MR) is 98.8 cm³/mol. The Hall–Kier alpha value is -2.75. The van der Waals surface area contributed by atoms with Crippen molar-refractivity contribution >= 4 is 16.8 Å². The van der Waals surface area contributed by atoms with Crippen molar-refractivity contribution in [2.45, 2.75) is 38.3 Å². The molecule has 1 amide bonds. The molecule has 0 atom stereocenters. The first-order valence-corrected chi connectivity index (χ1v) is 8.88. The van der Waals surface area contributed by atoms with Crippen LogP contribution in [0.4, 0.5) is 0 Å². The minimum Gasteiger partial charge on any atom is -0.489 e. The van der Waals surface area contributed by atoms with Crippen LogP contribution in [0, 0.1) is 0 Å². The van der Waals surface area contributed by atoms with Gasteiger partial charge in [-0.1, -0.05) is 43.2 Å². The van der Waals surface area contributed by atoms with Crippen LogP contribution in [-0.4, -0.2) is 16.9 Å². The molecule has 1 aliphatic rings. The summed E-state index contributed by atoms with van der Waals surface area (Å²) in [6.45, 7) is 0.530. The average Bonchev–Trinajstić information content (AvgIpc) is 3.29. The van der Waals surface area contributed by atoms with Gasteiger partial charge in [-0.05, 0) is 36.6 Å². The van der Waals surface area contributed by atoms with Crippen molar-refractivity contribution in [3.05, 3.63) is 65.9 Å². The van der Waals surface area contributed by atoms with Gasteiger partial charge in [-0.25, -0.2) is 0 Å². The Bertz CT molecular complexity index is 864. The van der Waals surface area contributed by atoms with Gasteiger partial charge in [0.25, 0.3) is 5.91 Å². The molecule has 2 N–H and O–H groups in total. The van der Waals surface area contributed by atoms with Gasteiger partial charge < -0.3 is 15.0 Å². The largest absolute Gasteiger partial charge is 0.489 e. The summed E-state index contributed by atoms with van der Waals surface area (Å²) in [6.07, 6.45) is 4.59. The lowest BCUT2D eigenvalue weighted by atomic mass is 10.2. The number of aromatic amines is 1. The molecule has 4 nitrogen and oxygen atoms in total. The molecular weight excluding hydrogens is 312 g/mol. The smallest absolute Gasteiger partial charge is 0.267 e. The highest BCUT2D eigenvalue weighted by molar-refractivity contribution is 5.98. The molecular formula is C21H22N2O2. The number of carbonyl (C=O) groups is 1. The number of amides is 1. The Kier molecular flexibility index (Phi) is 4.42. The normalized spacial score (nSPS) is 14.7. The van der Waals surface area contributed by atoms with Crippen LogP contribution < -0.4 is 10.1 Å². The molecule has 25 heavy (non-hydrogen) atoms. The van der Waals surface area contributed by atoms with E-state index in [1.54, 1.807) is 0 Å². The highest BCUT2D eigenvalue weighted by atomic mass is 16.5. The minimum absolute atomic E-state index is 0.0187. The van der Waals surface area contributed by atoms with Crippen molar-refractivity contribution in [3.8, 4) is 5.75 Å². The molecule has 0 spiro atoms. The van der Waals surface area contributed by atoms with Crippen molar-refractivity contribution in [2.24, 2.45) is 0 Å². The Morgan fingerprint density at radius 1 is 1.08 bits per heavy atom. The molecule has 1 heterocycles. The summed E-state index contributed by atoms with van der Waals surface area (Å²) in [5.74, 6) is 0.774. The summed E-state index contributed by atoms with van der Waals surface area (Å²) < 4.78 is 5.86. The fourth-order valence-corrected chi connectivity index (χ4v) is 3.39. The number of hydrogen-bond acceptors (Lipinski definition) is 2. The number of nitrogens with one attached hydrogen (secondary N) is 2. The first kappa shape index (κ1) is 15.8. The minimum atomic E-state index is -0.0187. The second-order valence-corrected chi connectivity index (χ2v) is 6.66. The molecule has 1 fully saturated rings. The summed E-state index contributed by atoms with van der Waals surface area (Å²) in [5, 5.41) is 4.13. The summed E-state index contributed by atoms with van der Waals surface area (Å²) in [6, 6.07) is 18.2. The van der Waals surface area contributed by atoms with Crippen LogP contribution in [0.3, 0.4) is 0 Å². The molecule has 4 heteroatoms. The molecule has 0 saturated heterocycles. The Labute approximate surface area is 147 Å². The Morgan fingerprint density at radius 2 is 1.88 bits per heavy atom. The highest BCUT2D eigenvalue weighted by Crippen LogP contribution is 2.23. The molecule has 1 aromatic heterocycles. The third-order valence-corrected chi connectivity index (χ3v) is 4.78. The van der Waals surface area contributed by atoms with Crippen LogP contribution in [0.1, 0.15) is 41.7 Å². The summed E-state index contributed by atoms with van der Waals surface area (Å²) in [7, 11) is 0. The van der Waals surface area contributed by atoms with E-state index in [0.29, 0.717) is 18.3 Å². The molecule has 0 bridgehead atoms. The van der Waals surface area contributed by atoms with Gasteiger partial charge >= 0.3 is 0 Å². The van der Waals surface area contributed by atoms with Crippen molar-refractivity contribution in [1.82, 2.24) is 10.3 Å². The van der Waals surface area contributed by atoms with Gasteiger partial charge in [-0.15, -0.1) is 0 Å². The van der Waals surface area contributed by atoms with Crippen LogP contribution >= 0.6 is 0 Å². The van der Waals surface area contributed by atoms with Crippen molar-refractivity contribution < 1.29 is 9.53 Å². The first-order chi connectivity index (χ1) is 12.3. The number of fused-ring (bicyclic) bond motifs is 1. The van der Waals surface area contributed by atoms with E-state index in [9.17, 15) is 4.79 Å². The van der Waals surface area contributed by atoms with Gasteiger partial charge in [0.15, 0.2) is 0 Å².